The lowest BCUT2D eigenvalue weighted by Crippen LogP contribution is -1.95. The van der Waals surface area contributed by atoms with Crippen molar-refractivity contribution in [1.82, 2.24) is 9.38 Å². The molecular formula is C14H11F2N3. The molecule has 3 nitrogen and oxygen atoms in total. The fourth-order valence-electron chi connectivity index (χ4n) is 2.13. The fraction of sp³-hybridized carbons (Fsp3) is 0.0714. The van der Waals surface area contributed by atoms with Crippen LogP contribution in [0.2, 0.25) is 0 Å². The maximum atomic E-state index is 13.2. The van der Waals surface area contributed by atoms with Crippen molar-refractivity contribution in [1.29, 1.82) is 0 Å². The number of aryl methyl sites for hydroxylation is 1. The average Bonchev–Trinajstić information content (AvgIpc) is 2.67. The summed E-state index contributed by atoms with van der Waals surface area (Å²) in [6, 6.07) is 7.27. The Morgan fingerprint density at radius 1 is 1.11 bits per heavy atom. The number of aromatic nitrogens is 2. The van der Waals surface area contributed by atoms with Crippen LogP contribution in [0.4, 0.5) is 14.6 Å². The molecule has 0 atom stereocenters. The Labute approximate surface area is 108 Å². The van der Waals surface area contributed by atoms with E-state index < -0.39 is 0 Å². The summed E-state index contributed by atoms with van der Waals surface area (Å²) in [5.41, 5.74) is 8.54. The summed E-state index contributed by atoms with van der Waals surface area (Å²) in [5.74, 6) is -0.363. The fourth-order valence-corrected chi connectivity index (χ4v) is 2.13. The number of pyridine rings is 1. The van der Waals surface area contributed by atoms with E-state index >= 15 is 0 Å². The molecule has 0 aliphatic heterocycles. The second-order valence-corrected chi connectivity index (χ2v) is 4.38. The Morgan fingerprint density at radius 2 is 1.84 bits per heavy atom. The summed E-state index contributed by atoms with van der Waals surface area (Å²) in [5, 5.41) is 0. The van der Waals surface area contributed by atoms with Gasteiger partial charge in [0.15, 0.2) is 0 Å². The maximum absolute atomic E-state index is 13.2. The number of fused-ring (bicyclic) bond motifs is 1. The number of nitrogens with zero attached hydrogens (tertiary/aromatic N) is 2. The Hall–Kier alpha value is -2.43. The van der Waals surface area contributed by atoms with Gasteiger partial charge in [-0.05, 0) is 42.8 Å². The van der Waals surface area contributed by atoms with Crippen LogP contribution in [0.3, 0.4) is 0 Å². The van der Waals surface area contributed by atoms with E-state index in [1.165, 1.54) is 28.8 Å². The molecule has 0 fully saturated rings. The zero-order valence-corrected chi connectivity index (χ0v) is 10.2. The normalized spacial score (nSPS) is 11.1. The third kappa shape index (κ3) is 1.83. The van der Waals surface area contributed by atoms with Crippen molar-refractivity contribution in [2.24, 2.45) is 0 Å². The van der Waals surface area contributed by atoms with E-state index in [9.17, 15) is 8.78 Å². The van der Waals surface area contributed by atoms with E-state index in [2.05, 4.69) is 4.98 Å². The van der Waals surface area contributed by atoms with Gasteiger partial charge in [0.1, 0.15) is 28.8 Å². The minimum atomic E-state index is -0.390. The third-order valence-corrected chi connectivity index (χ3v) is 3.06. The molecule has 3 aromatic rings. The molecule has 0 saturated carbocycles. The lowest BCUT2D eigenvalue weighted by molar-refractivity contribution is 0.619. The zero-order chi connectivity index (χ0) is 13.6. The van der Waals surface area contributed by atoms with E-state index in [-0.39, 0.29) is 11.6 Å². The van der Waals surface area contributed by atoms with E-state index in [4.69, 9.17) is 5.73 Å². The van der Waals surface area contributed by atoms with E-state index in [0.29, 0.717) is 17.2 Å². The van der Waals surface area contributed by atoms with E-state index in [1.54, 1.807) is 19.1 Å². The van der Waals surface area contributed by atoms with Gasteiger partial charge < -0.3 is 5.73 Å². The van der Waals surface area contributed by atoms with E-state index in [1.807, 2.05) is 0 Å². The molecule has 2 aromatic heterocycles. The summed E-state index contributed by atoms with van der Waals surface area (Å²) in [4.78, 5) is 4.36. The molecular weight excluding hydrogens is 248 g/mol. The first-order valence-electron chi connectivity index (χ1n) is 5.76. The first-order valence-corrected chi connectivity index (χ1v) is 5.76. The highest BCUT2D eigenvalue weighted by Gasteiger charge is 2.13. The van der Waals surface area contributed by atoms with Crippen LogP contribution in [-0.4, -0.2) is 9.38 Å². The Bertz CT molecular complexity index is 778. The molecule has 19 heavy (non-hydrogen) atoms. The van der Waals surface area contributed by atoms with Crippen LogP contribution in [0, 0.1) is 18.6 Å². The van der Waals surface area contributed by atoms with Gasteiger partial charge in [0.05, 0.1) is 0 Å². The summed E-state index contributed by atoms with van der Waals surface area (Å²) < 4.78 is 27.8. The lowest BCUT2D eigenvalue weighted by atomic mass is 10.1. The van der Waals surface area contributed by atoms with Gasteiger partial charge in [-0.25, -0.2) is 13.8 Å². The molecule has 5 heteroatoms. The van der Waals surface area contributed by atoms with Crippen LogP contribution < -0.4 is 5.73 Å². The second kappa shape index (κ2) is 4.05. The SMILES string of the molecule is Cc1cc(F)ccc1-c1nc2ccc(F)cn2c1N. The lowest BCUT2D eigenvalue weighted by Gasteiger charge is -2.03. The minimum Gasteiger partial charge on any atom is -0.383 e. The van der Waals surface area contributed by atoms with Gasteiger partial charge in [-0.1, -0.05) is 0 Å². The Kier molecular flexibility index (Phi) is 2.48. The molecule has 96 valence electrons. The van der Waals surface area contributed by atoms with Crippen LogP contribution >= 0.6 is 0 Å². The number of anilines is 1. The smallest absolute Gasteiger partial charge is 0.140 e. The van der Waals surface area contributed by atoms with Crippen LogP contribution in [0.5, 0.6) is 0 Å². The van der Waals surface area contributed by atoms with Gasteiger partial charge in [-0.3, -0.25) is 4.40 Å². The minimum absolute atomic E-state index is 0.311. The van der Waals surface area contributed by atoms with Crippen molar-refractivity contribution >= 4 is 11.5 Å². The Morgan fingerprint density at radius 3 is 2.58 bits per heavy atom. The van der Waals surface area contributed by atoms with Crippen LogP contribution in [0.1, 0.15) is 5.56 Å². The second-order valence-electron chi connectivity index (χ2n) is 4.38. The molecule has 0 aliphatic carbocycles. The molecule has 0 saturated heterocycles. The van der Waals surface area contributed by atoms with Crippen molar-refractivity contribution in [3.05, 3.63) is 53.7 Å². The molecule has 2 heterocycles. The number of benzene rings is 1. The monoisotopic (exact) mass is 259 g/mol. The predicted molar refractivity (Wildman–Crippen MR) is 69.7 cm³/mol. The van der Waals surface area contributed by atoms with Gasteiger partial charge in [-0.2, -0.15) is 0 Å². The number of nitrogens with two attached hydrogens (primary N) is 1. The summed E-state index contributed by atoms with van der Waals surface area (Å²) >= 11 is 0. The van der Waals surface area contributed by atoms with E-state index in [0.717, 1.165) is 11.1 Å². The Balaban J connectivity index is 2.28. The molecule has 0 spiro atoms. The van der Waals surface area contributed by atoms with Crippen molar-refractivity contribution in [2.75, 3.05) is 5.73 Å². The molecule has 0 unspecified atom stereocenters. The molecule has 0 radical (unpaired) electrons. The average molecular weight is 259 g/mol. The number of halogens is 2. The summed E-state index contributed by atoms with van der Waals surface area (Å²) in [7, 11) is 0. The van der Waals surface area contributed by atoms with Gasteiger partial charge in [0.25, 0.3) is 0 Å². The maximum Gasteiger partial charge on any atom is 0.140 e. The van der Waals surface area contributed by atoms with Crippen molar-refractivity contribution < 1.29 is 8.78 Å². The van der Waals surface area contributed by atoms with Crippen LogP contribution in [0.15, 0.2) is 36.5 Å². The molecule has 3 rings (SSSR count). The zero-order valence-electron chi connectivity index (χ0n) is 10.2. The molecule has 0 amide bonds. The van der Waals surface area contributed by atoms with Crippen LogP contribution in [0.25, 0.3) is 16.9 Å². The quantitative estimate of drug-likeness (QED) is 0.729. The third-order valence-electron chi connectivity index (χ3n) is 3.06. The van der Waals surface area contributed by atoms with Gasteiger partial charge >= 0.3 is 0 Å². The number of imidazole rings is 1. The largest absolute Gasteiger partial charge is 0.383 e. The topological polar surface area (TPSA) is 43.3 Å². The molecule has 0 bridgehead atoms. The first kappa shape index (κ1) is 11.6. The first-order chi connectivity index (χ1) is 9.06. The highest BCUT2D eigenvalue weighted by Crippen LogP contribution is 2.29. The summed E-state index contributed by atoms with van der Waals surface area (Å²) in [6.45, 7) is 1.78. The number of nitrogen functional groups attached to an aromatic ring is 1. The van der Waals surface area contributed by atoms with Gasteiger partial charge in [-0.15, -0.1) is 0 Å². The standard InChI is InChI=1S/C14H11F2N3/c1-8-6-9(15)2-4-11(8)13-14(17)19-7-10(16)3-5-12(19)18-13/h2-7H,17H2,1H3. The highest BCUT2D eigenvalue weighted by atomic mass is 19.1. The number of hydrogen-bond acceptors (Lipinski definition) is 2. The highest BCUT2D eigenvalue weighted by molar-refractivity contribution is 5.76. The molecule has 2 N–H and O–H groups in total. The number of rotatable bonds is 1. The van der Waals surface area contributed by atoms with Crippen LogP contribution in [-0.2, 0) is 0 Å². The molecule has 1 aromatic carbocycles. The predicted octanol–water partition coefficient (Wildman–Crippen LogP) is 3.17. The van der Waals surface area contributed by atoms with Gasteiger partial charge in [0, 0.05) is 11.8 Å². The summed E-state index contributed by atoms with van der Waals surface area (Å²) in [6.07, 6.45) is 1.28. The van der Waals surface area contributed by atoms with Gasteiger partial charge in [0.2, 0.25) is 0 Å². The number of hydrogen-bond donors (Lipinski definition) is 1. The van der Waals surface area contributed by atoms with Crippen molar-refractivity contribution in [3.63, 3.8) is 0 Å². The van der Waals surface area contributed by atoms with Crippen molar-refractivity contribution in [3.8, 4) is 11.3 Å². The molecule has 0 aliphatic rings. The van der Waals surface area contributed by atoms with Crippen molar-refractivity contribution in [2.45, 2.75) is 6.92 Å².